The molecule has 0 unspecified atom stereocenters. The number of aromatic nitrogens is 3. The van der Waals surface area contributed by atoms with E-state index in [-0.39, 0.29) is 12.4 Å². The molecule has 204 valence electrons. The highest BCUT2D eigenvalue weighted by Gasteiger charge is 2.56. The smallest absolute Gasteiger partial charge is 0.425 e. The third-order valence-corrected chi connectivity index (χ3v) is 6.32. The Labute approximate surface area is 228 Å². The summed E-state index contributed by atoms with van der Waals surface area (Å²) in [6.07, 6.45) is -2.92. The summed E-state index contributed by atoms with van der Waals surface area (Å²) in [5.41, 5.74) is -1.35. The first kappa shape index (κ1) is 28.0. The molecule has 0 aromatic carbocycles. The molecule has 0 spiro atoms. The Balaban J connectivity index is 1.81. The minimum atomic E-state index is -0.934. The van der Waals surface area contributed by atoms with Gasteiger partial charge in [0.15, 0.2) is 17.8 Å². The van der Waals surface area contributed by atoms with Gasteiger partial charge in [-0.1, -0.05) is 0 Å². The highest BCUT2D eigenvalue weighted by Crippen LogP contribution is 2.45. The number of carbonyl (C=O) groups is 2. The Hall–Kier alpha value is -2.07. The van der Waals surface area contributed by atoms with Gasteiger partial charge in [-0.25, -0.2) is 19.6 Å². The molecule has 2 fully saturated rings. The number of rotatable bonds is 3. The molecule has 1 N–H and O–H groups in total. The number of fused-ring (bicyclic) bond motifs is 2. The number of aliphatic hydroxyl groups is 1. The number of ether oxygens (including phenoxy) is 5. The Morgan fingerprint density at radius 3 is 2.19 bits per heavy atom. The Morgan fingerprint density at radius 2 is 1.65 bits per heavy atom. The van der Waals surface area contributed by atoms with Crippen molar-refractivity contribution in [2.45, 2.75) is 96.9 Å². The minimum Gasteiger partial charge on any atom is -0.443 e. The van der Waals surface area contributed by atoms with Crippen LogP contribution in [0.3, 0.4) is 0 Å². The van der Waals surface area contributed by atoms with Crippen molar-refractivity contribution in [1.29, 1.82) is 0 Å². The van der Waals surface area contributed by atoms with E-state index in [0.717, 1.165) is 4.90 Å². The van der Waals surface area contributed by atoms with Crippen molar-refractivity contribution >= 4 is 51.6 Å². The van der Waals surface area contributed by atoms with Crippen LogP contribution in [-0.2, 0) is 23.7 Å². The van der Waals surface area contributed by atoms with Crippen LogP contribution in [0.2, 0.25) is 0 Å². The van der Waals surface area contributed by atoms with Crippen LogP contribution >= 0.6 is 22.6 Å². The normalized spacial score (nSPS) is 25.2. The molecule has 12 nitrogen and oxygen atoms in total. The Morgan fingerprint density at radius 1 is 1.08 bits per heavy atom. The average Bonchev–Trinajstić information content (AvgIpc) is 3.33. The van der Waals surface area contributed by atoms with E-state index in [1.54, 1.807) is 66.0 Å². The fourth-order valence-corrected chi connectivity index (χ4v) is 5.10. The molecule has 2 aliphatic rings. The molecule has 4 atom stereocenters. The molecular formula is C24H33IN4O8. The third kappa shape index (κ3) is 5.70. The zero-order chi connectivity index (χ0) is 27.5. The molecule has 37 heavy (non-hydrogen) atoms. The first-order chi connectivity index (χ1) is 17.0. The number of halogens is 1. The predicted octanol–water partition coefficient (Wildman–Crippen LogP) is 4.12. The van der Waals surface area contributed by atoms with E-state index >= 15 is 0 Å². The second-order valence-electron chi connectivity index (χ2n) is 11.4. The fourth-order valence-electron chi connectivity index (χ4n) is 4.29. The maximum absolute atomic E-state index is 13.2. The van der Waals surface area contributed by atoms with Crippen LogP contribution in [0.25, 0.3) is 11.0 Å². The lowest BCUT2D eigenvalue weighted by Crippen LogP contribution is -2.44. The number of hydrogen-bond acceptors (Lipinski definition) is 10. The number of amides is 2. The van der Waals surface area contributed by atoms with Crippen molar-refractivity contribution in [1.82, 2.24) is 14.5 Å². The van der Waals surface area contributed by atoms with Crippen LogP contribution < -0.4 is 4.90 Å². The molecule has 2 amide bonds. The SMILES string of the molecule is CC(C)(C)OC(=O)N(C(=O)OC(C)(C)C)c1ncnc2c1cc(I)n2[C@@H]1O[C@H](CO)[C@H]2OC(C)(C)O[C@H]21. The van der Waals surface area contributed by atoms with Crippen molar-refractivity contribution in [3.63, 3.8) is 0 Å². The molecule has 0 saturated carbocycles. The first-order valence-electron chi connectivity index (χ1n) is 11.9. The molecule has 0 bridgehead atoms. The van der Waals surface area contributed by atoms with Crippen LogP contribution in [0.4, 0.5) is 15.4 Å². The van der Waals surface area contributed by atoms with Gasteiger partial charge in [0.25, 0.3) is 0 Å². The topological polar surface area (TPSA) is 134 Å². The van der Waals surface area contributed by atoms with Gasteiger partial charge in [-0.2, -0.15) is 4.90 Å². The van der Waals surface area contributed by atoms with Gasteiger partial charge < -0.3 is 28.8 Å². The van der Waals surface area contributed by atoms with Gasteiger partial charge >= 0.3 is 12.2 Å². The summed E-state index contributed by atoms with van der Waals surface area (Å²) in [6, 6.07) is 1.73. The maximum atomic E-state index is 13.2. The van der Waals surface area contributed by atoms with Gasteiger partial charge in [-0.15, -0.1) is 0 Å². The van der Waals surface area contributed by atoms with Crippen LogP contribution in [0.15, 0.2) is 12.4 Å². The molecule has 2 aromatic rings. The maximum Gasteiger partial charge on any atom is 0.425 e. The van der Waals surface area contributed by atoms with Crippen LogP contribution in [0.5, 0.6) is 0 Å². The quantitative estimate of drug-likeness (QED) is 0.493. The van der Waals surface area contributed by atoms with E-state index in [2.05, 4.69) is 32.6 Å². The van der Waals surface area contributed by atoms with Gasteiger partial charge in [0.2, 0.25) is 0 Å². The number of nitrogens with zero attached hydrogens (tertiary/aromatic N) is 4. The lowest BCUT2D eigenvalue weighted by Gasteiger charge is -2.28. The van der Waals surface area contributed by atoms with E-state index < -0.39 is 53.7 Å². The van der Waals surface area contributed by atoms with Gasteiger partial charge in [0.1, 0.15) is 41.5 Å². The highest BCUT2D eigenvalue weighted by atomic mass is 127. The summed E-state index contributed by atoms with van der Waals surface area (Å²) in [5.74, 6) is -0.855. The molecule has 4 heterocycles. The zero-order valence-corrected chi connectivity index (χ0v) is 24.3. The highest BCUT2D eigenvalue weighted by molar-refractivity contribution is 14.1. The van der Waals surface area contributed by atoms with Gasteiger partial charge in [-0.3, -0.25) is 4.57 Å². The molecule has 0 aliphatic carbocycles. The number of aliphatic hydroxyl groups excluding tert-OH is 1. The van der Waals surface area contributed by atoms with E-state index in [4.69, 9.17) is 23.7 Å². The van der Waals surface area contributed by atoms with Crippen molar-refractivity contribution < 1.29 is 38.4 Å². The predicted molar refractivity (Wildman–Crippen MR) is 140 cm³/mol. The van der Waals surface area contributed by atoms with Gasteiger partial charge in [-0.05, 0) is 84.0 Å². The van der Waals surface area contributed by atoms with E-state index in [1.807, 2.05) is 0 Å². The molecule has 4 rings (SSSR count). The van der Waals surface area contributed by atoms with Gasteiger partial charge in [0, 0.05) is 0 Å². The lowest BCUT2D eigenvalue weighted by atomic mass is 10.1. The monoisotopic (exact) mass is 632 g/mol. The zero-order valence-electron chi connectivity index (χ0n) is 22.1. The molecule has 2 aliphatic heterocycles. The van der Waals surface area contributed by atoms with Gasteiger partial charge in [0.05, 0.1) is 15.7 Å². The number of anilines is 1. The molecule has 0 radical (unpaired) electrons. The molecular weight excluding hydrogens is 599 g/mol. The van der Waals surface area contributed by atoms with Crippen molar-refractivity contribution in [2.75, 3.05) is 11.5 Å². The summed E-state index contributed by atoms with van der Waals surface area (Å²) in [5, 5.41) is 10.3. The lowest BCUT2D eigenvalue weighted by molar-refractivity contribution is -0.199. The fraction of sp³-hybridized carbons (Fsp3) is 0.667. The second kappa shape index (κ2) is 9.59. The molecule has 2 aromatic heterocycles. The molecule has 13 heteroatoms. The summed E-state index contributed by atoms with van der Waals surface area (Å²) >= 11 is 2.11. The van der Waals surface area contributed by atoms with Crippen LogP contribution in [0.1, 0.15) is 61.6 Å². The Kier molecular flexibility index (Phi) is 7.25. The summed E-state index contributed by atoms with van der Waals surface area (Å²) in [7, 11) is 0. The number of imide groups is 1. The summed E-state index contributed by atoms with van der Waals surface area (Å²) < 4.78 is 31.7. The van der Waals surface area contributed by atoms with Crippen LogP contribution in [0, 0.1) is 3.70 Å². The number of hydrogen-bond donors (Lipinski definition) is 1. The Bertz CT molecular complexity index is 1170. The standard InChI is InChI=1S/C24H33IN4O8/c1-22(2,3)36-20(31)29(21(32)37-23(4,5)6)18-12-9-14(25)28(17(12)26-11-27-18)19-16-15(13(10-30)33-19)34-24(7,8)35-16/h9,11,13,15-16,19,30H,10H2,1-8H3/t13-,15-,16-,19-/m1/s1. The minimum absolute atomic E-state index is 0.00217. The average molecular weight is 632 g/mol. The van der Waals surface area contributed by atoms with Crippen molar-refractivity contribution in [2.24, 2.45) is 0 Å². The first-order valence-corrected chi connectivity index (χ1v) is 13.0. The third-order valence-electron chi connectivity index (χ3n) is 5.49. The van der Waals surface area contributed by atoms with E-state index in [0.29, 0.717) is 14.7 Å². The van der Waals surface area contributed by atoms with Crippen molar-refractivity contribution in [3.8, 4) is 0 Å². The second-order valence-corrected chi connectivity index (χ2v) is 12.5. The van der Waals surface area contributed by atoms with E-state index in [1.165, 1.54) is 6.33 Å². The summed E-state index contributed by atoms with van der Waals surface area (Å²) in [4.78, 5) is 35.9. The number of carbonyl (C=O) groups excluding carboxylic acids is 2. The van der Waals surface area contributed by atoms with Crippen LogP contribution in [-0.4, -0.2) is 73.7 Å². The molecule has 2 saturated heterocycles. The van der Waals surface area contributed by atoms with E-state index in [9.17, 15) is 14.7 Å². The largest absolute Gasteiger partial charge is 0.443 e. The summed E-state index contributed by atoms with van der Waals surface area (Å²) in [6.45, 7) is 13.5. The van der Waals surface area contributed by atoms with Crippen molar-refractivity contribution in [3.05, 3.63) is 16.1 Å².